The van der Waals surface area contributed by atoms with Gasteiger partial charge in [0, 0.05) is 50.7 Å². The van der Waals surface area contributed by atoms with Crippen molar-refractivity contribution in [2.24, 2.45) is 11.8 Å². The molecule has 3 aliphatic rings. The topological polar surface area (TPSA) is 77.5 Å². The van der Waals surface area contributed by atoms with E-state index in [0.717, 1.165) is 37.0 Å². The smallest absolute Gasteiger partial charge is 0.410 e. The molecule has 1 aromatic carbocycles. The number of carbonyl (C=O) groups is 2. The van der Waals surface area contributed by atoms with Crippen LogP contribution < -0.4 is 9.47 Å². The summed E-state index contributed by atoms with van der Waals surface area (Å²) < 4.78 is 25.1. The number of likely N-dealkylation sites (tertiary alicyclic amines) is 1. The van der Waals surface area contributed by atoms with E-state index in [9.17, 15) is 9.59 Å². The largest absolute Gasteiger partial charge is 0.487 e. The number of benzene rings is 1. The average molecular weight is 543 g/mol. The molecule has 0 bridgehead atoms. The van der Waals surface area contributed by atoms with Crippen molar-refractivity contribution in [3.05, 3.63) is 35.4 Å². The summed E-state index contributed by atoms with van der Waals surface area (Å²) in [5, 5.41) is 0. The average Bonchev–Trinajstić information content (AvgIpc) is 2.84. The van der Waals surface area contributed by atoms with Crippen LogP contribution in [0.25, 0.3) is 0 Å². The van der Waals surface area contributed by atoms with Crippen LogP contribution in [0.4, 0.5) is 4.79 Å². The molecule has 3 heterocycles. The van der Waals surface area contributed by atoms with Crippen LogP contribution in [0, 0.1) is 11.8 Å². The van der Waals surface area contributed by atoms with E-state index in [0.29, 0.717) is 18.8 Å². The molecule has 0 aromatic heterocycles. The van der Waals surface area contributed by atoms with E-state index < -0.39 is 11.2 Å². The first-order valence-electron chi connectivity index (χ1n) is 14.2. The van der Waals surface area contributed by atoms with Crippen molar-refractivity contribution in [3.63, 3.8) is 0 Å². The molecule has 8 nitrogen and oxygen atoms in total. The zero-order valence-electron chi connectivity index (χ0n) is 24.9. The van der Waals surface area contributed by atoms with Crippen LogP contribution >= 0.6 is 0 Å². The fourth-order valence-corrected chi connectivity index (χ4v) is 5.91. The molecular formula is C31H46N2O6. The van der Waals surface area contributed by atoms with Crippen LogP contribution in [-0.4, -0.2) is 72.9 Å². The van der Waals surface area contributed by atoms with E-state index in [1.54, 1.807) is 14.1 Å². The van der Waals surface area contributed by atoms with Gasteiger partial charge in [-0.3, -0.25) is 4.79 Å². The van der Waals surface area contributed by atoms with Gasteiger partial charge in [0.25, 0.3) is 5.91 Å². The molecule has 0 unspecified atom stereocenters. The Morgan fingerprint density at radius 2 is 1.97 bits per heavy atom. The number of fused-ring (bicyclic) bond motifs is 4. The summed E-state index contributed by atoms with van der Waals surface area (Å²) in [5.41, 5.74) is 1.34. The highest BCUT2D eigenvalue weighted by molar-refractivity contribution is 5.77. The Labute approximate surface area is 233 Å². The minimum Gasteiger partial charge on any atom is -0.487 e. The third kappa shape index (κ3) is 6.89. The molecule has 2 amide bonds. The van der Waals surface area contributed by atoms with Crippen molar-refractivity contribution < 1.29 is 28.5 Å². The van der Waals surface area contributed by atoms with E-state index in [2.05, 4.69) is 26.8 Å². The van der Waals surface area contributed by atoms with E-state index in [4.69, 9.17) is 18.9 Å². The summed E-state index contributed by atoms with van der Waals surface area (Å²) in [6, 6.07) is 5.82. The normalized spacial score (nSPS) is 27.7. The number of piperidine rings is 1. The number of amides is 2. The Balaban J connectivity index is 1.57. The van der Waals surface area contributed by atoms with Gasteiger partial charge in [-0.2, -0.15) is 0 Å². The van der Waals surface area contributed by atoms with Gasteiger partial charge in [-0.05, 0) is 79.4 Å². The van der Waals surface area contributed by atoms with Gasteiger partial charge in [-0.1, -0.05) is 11.6 Å². The van der Waals surface area contributed by atoms with Crippen molar-refractivity contribution in [1.82, 2.24) is 9.80 Å². The lowest BCUT2D eigenvalue weighted by Gasteiger charge is -2.54. The molecule has 0 saturated carbocycles. The maximum atomic E-state index is 12.8. The monoisotopic (exact) mass is 542 g/mol. The lowest BCUT2D eigenvalue weighted by atomic mass is 9.68. The molecule has 39 heavy (non-hydrogen) atoms. The Bertz CT molecular complexity index is 1090. The Hall–Kier alpha value is -2.74. The van der Waals surface area contributed by atoms with Crippen LogP contribution in [0.1, 0.15) is 78.9 Å². The predicted octanol–water partition coefficient (Wildman–Crippen LogP) is 5.75. The number of ether oxygens (including phenoxy) is 4. The molecule has 5 atom stereocenters. The third-order valence-corrected chi connectivity index (χ3v) is 8.03. The van der Waals surface area contributed by atoms with Crippen molar-refractivity contribution in [2.45, 2.75) is 90.6 Å². The fourth-order valence-electron chi connectivity index (χ4n) is 5.91. The number of rotatable bonds is 6. The first kappa shape index (κ1) is 29.2. The maximum Gasteiger partial charge on any atom is 0.410 e. The highest BCUT2D eigenvalue weighted by Gasteiger charge is 2.53. The summed E-state index contributed by atoms with van der Waals surface area (Å²) >= 11 is 0. The standard InChI is InChI=1S/C31H46N2O6/c1-20(2)10-9-14-31(6)24-16-21-18-33(29(35)39-30(3,4)5)15-13-25(21)37-28(24)23-12-11-22(17-26(23)38-31)36-19-27(34)32(7)8/h10-12,17,21,24-25,28H,9,13-16,18-19H2,1-8H3/t21-,24-,25-,28+,31+/m0/s1. The van der Waals surface area contributed by atoms with Gasteiger partial charge in [0.2, 0.25) is 0 Å². The SMILES string of the molecule is CC(C)=CCC[C@@]1(C)Oc2cc(OCC(=O)N(C)C)ccc2[C@H]2O[C@H]3CCN(C(=O)OC(C)(C)C)C[C@@H]3C[C@@H]21. The molecule has 8 heteroatoms. The molecule has 0 spiro atoms. The second-order valence-corrected chi connectivity index (χ2v) is 12.9. The van der Waals surface area contributed by atoms with Crippen molar-refractivity contribution in [1.29, 1.82) is 0 Å². The molecule has 3 aliphatic heterocycles. The van der Waals surface area contributed by atoms with Crippen LogP contribution in [0.2, 0.25) is 0 Å². The first-order valence-corrected chi connectivity index (χ1v) is 14.2. The van der Waals surface area contributed by atoms with Crippen LogP contribution in [-0.2, 0) is 14.3 Å². The molecule has 0 N–H and O–H groups in total. The lowest BCUT2D eigenvalue weighted by molar-refractivity contribution is -0.191. The minimum absolute atomic E-state index is 0.0237. The number of hydrogen-bond donors (Lipinski definition) is 0. The van der Waals surface area contributed by atoms with Gasteiger partial charge in [-0.25, -0.2) is 4.79 Å². The number of nitrogens with zero attached hydrogens (tertiary/aromatic N) is 2. The predicted molar refractivity (Wildman–Crippen MR) is 150 cm³/mol. The first-order chi connectivity index (χ1) is 18.3. The third-order valence-electron chi connectivity index (χ3n) is 8.03. The summed E-state index contributed by atoms with van der Waals surface area (Å²) in [4.78, 5) is 28.2. The number of hydrogen-bond acceptors (Lipinski definition) is 6. The second-order valence-electron chi connectivity index (χ2n) is 12.9. The lowest BCUT2D eigenvalue weighted by Crippen LogP contribution is -2.57. The summed E-state index contributed by atoms with van der Waals surface area (Å²) in [5.74, 6) is 1.63. The Kier molecular flexibility index (Phi) is 8.55. The van der Waals surface area contributed by atoms with E-state index in [1.807, 2.05) is 43.9 Å². The molecule has 2 saturated heterocycles. The van der Waals surface area contributed by atoms with Crippen LogP contribution in [0.15, 0.2) is 29.8 Å². The maximum absolute atomic E-state index is 12.8. The zero-order chi connectivity index (χ0) is 28.5. The minimum atomic E-state index is -0.519. The summed E-state index contributed by atoms with van der Waals surface area (Å²) in [7, 11) is 3.43. The molecule has 2 fully saturated rings. The number of likely N-dealkylation sites (N-methyl/N-ethyl adjacent to an activating group) is 1. The van der Waals surface area contributed by atoms with Crippen LogP contribution in [0.5, 0.6) is 11.5 Å². The number of allylic oxidation sites excluding steroid dienone is 2. The van der Waals surface area contributed by atoms with E-state index in [-0.39, 0.29) is 42.7 Å². The molecule has 4 rings (SSSR count). The van der Waals surface area contributed by atoms with E-state index in [1.165, 1.54) is 10.5 Å². The highest BCUT2D eigenvalue weighted by Crippen LogP contribution is 2.55. The van der Waals surface area contributed by atoms with Gasteiger partial charge in [-0.15, -0.1) is 0 Å². The van der Waals surface area contributed by atoms with Crippen molar-refractivity contribution in [3.8, 4) is 11.5 Å². The molecule has 216 valence electrons. The quantitative estimate of drug-likeness (QED) is 0.426. The molecule has 0 aliphatic carbocycles. The van der Waals surface area contributed by atoms with Crippen LogP contribution in [0.3, 0.4) is 0 Å². The fraction of sp³-hybridized carbons (Fsp3) is 0.677. The van der Waals surface area contributed by atoms with Crippen molar-refractivity contribution in [2.75, 3.05) is 33.8 Å². The highest BCUT2D eigenvalue weighted by atomic mass is 16.6. The van der Waals surface area contributed by atoms with Gasteiger partial charge in [0.15, 0.2) is 6.61 Å². The Morgan fingerprint density at radius 3 is 2.64 bits per heavy atom. The molecule has 1 aromatic rings. The van der Waals surface area contributed by atoms with Gasteiger partial charge >= 0.3 is 6.09 Å². The molecular weight excluding hydrogens is 496 g/mol. The number of carbonyl (C=O) groups excluding carboxylic acids is 2. The van der Waals surface area contributed by atoms with Gasteiger partial charge in [0.1, 0.15) is 22.7 Å². The summed E-state index contributed by atoms with van der Waals surface area (Å²) in [6.07, 6.45) is 5.43. The van der Waals surface area contributed by atoms with E-state index >= 15 is 0 Å². The van der Waals surface area contributed by atoms with Gasteiger partial charge in [0.05, 0.1) is 12.2 Å². The van der Waals surface area contributed by atoms with Crippen molar-refractivity contribution >= 4 is 12.0 Å². The van der Waals surface area contributed by atoms with Gasteiger partial charge < -0.3 is 28.7 Å². The molecule has 0 radical (unpaired) electrons. The summed E-state index contributed by atoms with van der Waals surface area (Å²) in [6.45, 7) is 13.3. The second kappa shape index (κ2) is 11.4. The zero-order valence-corrected chi connectivity index (χ0v) is 24.9. The Morgan fingerprint density at radius 1 is 1.23 bits per heavy atom.